The van der Waals surface area contributed by atoms with Crippen LogP contribution >= 0.6 is 33.9 Å². The molecule has 1 aromatic heterocycles. The van der Waals surface area contributed by atoms with E-state index in [1.165, 1.54) is 42.4 Å². The third kappa shape index (κ3) is 4.09. The van der Waals surface area contributed by atoms with Gasteiger partial charge in [0.15, 0.2) is 0 Å². The number of benzene rings is 2. The average molecular weight is 517 g/mol. The van der Waals surface area contributed by atoms with E-state index in [0.717, 1.165) is 27.5 Å². The van der Waals surface area contributed by atoms with Crippen molar-refractivity contribution in [2.75, 3.05) is 12.4 Å². The molecule has 0 radical (unpaired) electrons. The molecule has 4 rings (SSSR count). The van der Waals surface area contributed by atoms with Crippen molar-refractivity contribution in [3.8, 4) is 11.1 Å². The number of halogens is 1. The van der Waals surface area contributed by atoms with Crippen LogP contribution in [0, 0.1) is 3.57 Å². The van der Waals surface area contributed by atoms with Crippen LogP contribution in [-0.2, 0) is 17.6 Å². The smallest absolute Gasteiger partial charge is 0.341 e. The molecule has 2 aromatic carbocycles. The molecule has 0 saturated carbocycles. The van der Waals surface area contributed by atoms with E-state index in [9.17, 15) is 9.59 Å². The van der Waals surface area contributed by atoms with E-state index >= 15 is 0 Å². The van der Waals surface area contributed by atoms with Crippen molar-refractivity contribution >= 4 is 50.8 Å². The highest BCUT2D eigenvalue weighted by atomic mass is 127. The van der Waals surface area contributed by atoms with Gasteiger partial charge in [-0.1, -0.05) is 30.3 Å². The van der Waals surface area contributed by atoms with E-state index in [4.69, 9.17) is 4.74 Å². The van der Waals surface area contributed by atoms with Crippen LogP contribution in [0.25, 0.3) is 11.1 Å². The maximum Gasteiger partial charge on any atom is 0.341 e. The Kier molecular flexibility index (Phi) is 6.01. The molecule has 0 unspecified atom stereocenters. The van der Waals surface area contributed by atoms with Crippen molar-refractivity contribution < 1.29 is 14.3 Å². The average Bonchev–Trinajstić information content (AvgIpc) is 3.16. The lowest BCUT2D eigenvalue weighted by atomic mass is 9.89. The summed E-state index contributed by atoms with van der Waals surface area (Å²) in [6.45, 7) is 0. The molecule has 1 aliphatic carbocycles. The number of carbonyl (C=O) groups is 2. The molecule has 0 fully saturated rings. The number of anilines is 1. The summed E-state index contributed by atoms with van der Waals surface area (Å²) in [7, 11) is 1.36. The third-order valence-corrected chi connectivity index (χ3v) is 7.02. The largest absolute Gasteiger partial charge is 0.465 e. The maximum absolute atomic E-state index is 12.8. The van der Waals surface area contributed by atoms with Gasteiger partial charge in [-0.15, -0.1) is 11.3 Å². The molecule has 0 bridgehead atoms. The standard InChI is InChI=1S/C23H20INO3S/c1-28-23(27)20-18(16-11-10-14-6-2-3-7-15(14)12-16)13-29-22(20)25-21(26)17-8-4-5-9-19(17)24/h4-5,8-13H,2-3,6-7H2,1H3,(H,25,26). The third-order valence-electron chi connectivity index (χ3n) is 5.19. The molecule has 1 heterocycles. The summed E-state index contributed by atoms with van der Waals surface area (Å²) in [5.41, 5.74) is 5.51. The Morgan fingerprint density at radius 2 is 1.83 bits per heavy atom. The summed E-state index contributed by atoms with van der Waals surface area (Å²) in [6.07, 6.45) is 4.60. The number of esters is 1. The van der Waals surface area contributed by atoms with Gasteiger partial charge in [-0.05, 0) is 77.1 Å². The molecule has 3 aromatic rings. The number of hydrogen-bond donors (Lipinski definition) is 1. The molecule has 1 amide bonds. The van der Waals surface area contributed by atoms with Crippen molar-refractivity contribution in [2.45, 2.75) is 25.7 Å². The lowest BCUT2D eigenvalue weighted by molar-refractivity contribution is 0.0603. The van der Waals surface area contributed by atoms with E-state index in [1.54, 1.807) is 6.07 Å². The molecule has 1 N–H and O–H groups in total. The summed E-state index contributed by atoms with van der Waals surface area (Å²) >= 11 is 3.48. The van der Waals surface area contributed by atoms with Gasteiger partial charge in [0.05, 0.1) is 12.7 Å². The number of aryl methyl sites for hydroxylation is 2. The van der Waals surface area contributed by atoms with Crippen LogP contribution in [0.3, 0.4) is 0 Å². The second-order valence-corrected chi connectivity index (χ2v) is 9.01. The van der Waals surface area contributed by atoms with Crippen molar-refractivity contribution in [3.63, 3.8) is 0 Å². The highest BCUT2D eigenvalue weighted by Gasteiger charge is 2.24. The van der Waals surface area contributed by atoms with Gasteiger partial charge in [-0.25, -0.2) is 4.79 Å². The number of ether oxygens (including phenoxy) is 1. The zero-order valence-corrected chi connectivity index (χ0v) is 18.9. The summed E-state index contributed by atoms with van der Waals surface area (Å²) in [6, 6.07) is 13.8. The monoisotopic (exact) mass is 517 g/mol. The zero-order valence-electron chi connectivity index (χ0n) is 16.0. The highest BCUT2D eigenvalue weighted by Crippen LogP contribution is 2.38. The first-order valence-electron chi connectivity index (χ1n) is 9.46. The highest BCUT2D eigenvalue weighted by molar-refractivity contribution is 14.1. The number of rotatable bonds is 4. The van der Waals surface area contributed by atoms with Crippen molar-refractivity contribution in [3.05, 3.63) is 73.7 Å². The minimum absolute atomic E-state index is 0.237. The summed E-state index contributed by atoms with van der Waals surface area (Å²) in [5, 5.41) is 5.34. The minimum atomic E-state index is -0.447. The molecule has 148 valence electrons. The molecule has 6 heteroatoms. The van der Waals surface area contributed by atoms with Crippen LogP contribution in [0.1, 0.15) is 44.7 Å². The first-order valence-corrected chi connectivity index (χ1v) is 11.4. The SMILES string of the molecule is COC(=O)c1c(-c2ccc3c(c2)CCCC3)csc1NC(=O)c1ccccc1I. The minimum Gasteiger partial charge on any atom is -0.465 e. The maximum atomic E-state index is 12.8. The zero-order chi connectivity index (χ0) is 20.4. The van der Waals surface area contributed by atoms with Gasteiger partial charge in [0.1, 0.15) is 10.6 Å². The molecule has 1 aliphatic rings. The first-order chi connectivity index (χ1) is 14.1. The van der Waals surface area contributed by atoms with Crippen LogP contribution in [0.2, 0.25) is 0 Å². The fourth-order valence-electron chi connectivity index (χ4n) is 3.68. The number of fused-ring (bicyclic) bond motifs is 1. The van der Waals surface area contributed by atoms with Gasteiger partial charge in [0.2, 0.25) is 0 Å². The van der Waals surface area contributed by atoms with E-state index in [0.29, 0.717) is 16.1 Å². The van der Waals surface area contributed by atoms with Gasteiger partial charge in [-0.2, -0.15) is 0 Å². The van der Waals surface area contributed by atoms with E-state index in [1.807, 2.05) is 23.6 Å². The lowest BCUT2D eigenvalue weighted by Crippen LogP contribution is -2.15. The van der Waals surface area contributed by atoms with Gasteiger partial charge in [-0.3, -0.25) is 4.79 Å². The number of carbonyl (C=O) groups excluding carboxylic acids is 2. The van der Waals surface area contributed by atoms with E-state index in [-0.39, 0.29) is 5.91 Å². The quantitative estimate of drug-likeness (QED) is 0.345. The van der Waals surface area contributed by atoms with E-state index < -0.39 is 5.97 Å². The Labute approximate surface area is 187 Å². The molecule has 0 spiro atoms. The fraction of sp³-hybridized carbons (Fsp3) is 0.217. The van der Waals surface area contributed by atoms with Gasteiger partial charge >= 0.3 is 5.97 Å². The molecule has 29 heavy (non-hydrogen) atoms. The second kappa shape index (κ2) is 8.67. The molecule has 0 saturated heterocycles. The molecule has 0 atom stereocenters. The van der Waals surface area contributed by atoms with Crippen molar-refractivity contribution in [2.24, 2.45) is 0 Å². The number of nitrogens with one attached hydrogen (secondary N) is 1. The topological polar surface area (TPSA) is 55.4 Å². The predicted octanol–water partition coefficient (Wildman–Crippen LogP) is 5.94. The van der Waals surface area contributed by atoms with Gasteiger partial charge < -0.3 is 10.1 Å². The fourth-order valence-corrected chi connectivity index (χ4v) is 5.27. The molecule has 4 nitrogen and oxygen atoms in total. The molecular weight excluding hydrogens is 497 g/mol. The normalized spacial score (nSPS) is 12.9. The second-order valence-electron chi connectivity index (χ2n) is 6.97. The Morgan fingerprint density at radius 1 is 1.07 bits per heavy atom. The van der Waals surface area contributed by atoms with Gasteiger partial charge in [0.25, 0.3) is 5.91 Å². The van der Waals surface area contributed by atoms with Crippen LogP contribution in [0.4, 0.5) is 5.00 Å². The van der Waals surface area contributed by atoms with Crippen LogP contribution in [0.5, 0.6) is 0 Å². The van der Waals surface area contributed by atoms with Crippen LogP contribution in [0.15, 0.2) is 47.8 Å². The Balaban J connectivity index is 1.72. The number of amides is 1. The Bertz CT molecular complexity index is 1090. The van der Waals surface area contributed by atoms with Gasteiger partial charge in [0, 0.05) is 14.5 Å². The lowest BCUT2D eigenvalue weighted by Gasteiger charge is -2.16. The van der Waals surface area contributed by atoms with Crippen LogP contribution in [-0.4, -0.2) is 19.0 Å². The number of thiophene rings is 1. The van der Waals surface area contributed by atoms with Crippen molar-refractivity contribution in [1.82, 2.24) is 0 Å². The number of methoxy groups -OCH3 is 1. The van der Waals surface area contributed by atoms with Crippen molar-refractivity contribution in [1.29, 1.82) is 0 Å². The molecular formula is C23H20INO3S. The summed E-state index contributed by atoms with van der Waals surface area (Å²) < 4.78 is 5.89. The Morgan fingerprint density at radius 3 is 2.59 bits per heavy atom. The molecule has 0 aliphatic heterocycles. The van der Waals surface area contributed by atoms with E-state index in [2.05, 4.69) is 46.1 Å². The summed E-state index contributed by atoms with van der Waals surface area (Å²) in [5.74, 6) is -0.684. The summed E-state index contributed by atoms with van der Waals surface area (Å²) in [4.78, 5) is 25.4. The predicted molar refractivity (Wildman–Crippen MR) is 125 cm³/mol. The first kappa shape index (κ1) is 20.1. The van der Waals surface area contributed by atoms with Crippen LogP contribution < -0.4 is 5.32 Å². The Hall–Kier alpha value is -2.19. The number of hydrogen-bond acceptors (Lipinski definition) is 4.